The number of likely N-dealkylation sites (tertiary alicyclic amines) is 1. The van der Waals surface area contributed by atoms with Gasteiger partial charge in [0.1, 0.15) is 11.9 Å². The summed E-state index contributed by atoms with van der Waals surface area (Å²) in [6.07, 6.45) is 4.10. The summed E-state index contributed by atoms with van der Waals surface area (Å²) in [4.78, 5) is 18.9. The van der Waals surface area contributed by atoms with E-state index in [0.717, 1.165) is 48.6 Å². The van der Waals surface area contributed by atoms with Crippen LogP contribution in [0.25, 0.3) is 0 Å². The van der Waals surface area contributed by atoms with E-state index in [2.05, 4.69) is 27.6 Å². The second kappa shape index (κ2) is 8.86. The van der Waals surface area contributed by atoms with Gasteiger partial charge in [-0.3, -0.25) is 4.98 Å². The lowest BCUT2D eigenvalue weighted by Crippen LogP contribution is -2.35. The van der Waals surface area contributed by atoms with Crippen LogP contribution in [0.15, 0.2) is 42.6 Å². The van der Waals surface area contributed by atoms with Crippen molar-refractivity contribution >= 4 is 11.7 Å². The van der Waals surface area contributed by atoms with Crippen LogP contribution in [0.1, 0.15) is 37.1 Å². The molecule has 2 aromatic rings. The number of pyridine rings is 1. The van der Waals surface area contributed by atoms with Crippen molar-refractivity contribution in [1.82, 2.24) is 15.2 Å². The predicted molar refractivity (Wildman–Crippen MR) is 107 cm³/mol. The molecule has 2 heterocycles. The maximum absolute atomic E-state index is 12.3. The Kier molecular flexibility index (Phi) is 6.29. The molecule has 1 aromatic carbocycles. The lowest BCUT2D eigenvalue weighted by atomic mass is 10.1. The number of nitrogens with one attached hydrogen (secondary N) is 2. The molecule has 0 unspecified atom stereocenters. The third-order valence-corrected chi connectivity index (χ3v) is 4.89. The van der Waals surface area contributed by atoms with Gasteiger partial charge in [-0.15, -0.1) is 0 Å². The first-order valence-corrected chi connectivity index (χ1v) is 9.45. The average molecular weight is 368 g/mol. The summed E-state index contributed by atoms with van der Waals surface area (Å²) >= 11 is 0. The Bertz CT molecular complexity index is 755. The fourth-order valence-electron chi connectivity index (χ4n) is 3.30. The van der Waals surface area contributed by atoms with Crippen molar-refractivity contribution in [3.05, 3.63) is 53.9 Å². The minimum atomic E-state index is -0.253. The van der Waals surface area contributed by atoms with Gasteiger partial charge < -0.3 is 20.3 Å². The fourth-order valence-corrected chi connectivity index (χ4v) is 3.30. The van der Waals surface area contributed by atoms with Crippen LogP contribution in [-0.2, 0) is 0 Å². The van der Waals surface area contributed by atoms with Crippen molar-refractivity contribution in [2.24, 2.45) is 0 Å². The van der Waals surface area contributed by atoms with Crippen LogP contribution in [0.2, 0.25) is 0 Å². The van der Waals surface area contributed by atoms with Gasteiger partial charge in [-0.2, -0.15) is 0 Å². The SMILES string of the molecule is Cc1cccnc1[C@H](C)NC(=O)Nc1ccc(OC2CCN(C)CC2)cc1. The Balaban J connectivity index is 1.50. The molecular weight excluding hydrogens is 340 g/mol. The van der Waals surface area contributed by atoms with E-state index >= 15 is 0 Å². The number of carbonyl (C=O) groups is 1. The van der Waals surface area contributed by atoms with Gasteiger partial charge in [0.25, 0.3) is 0 Å². The Morgan fingerprint density at radius 3 is 2.59 bits per heavy atom. The summed E-state index contributed by atoms with van der Waals surface area (Å²) in [5.74, 6) is 0.841. The largest absolute Gasteiger partial charge is 0.490 e. The van der Waals surface area contributed by atoms with Gasteiger partial charge in [0.15, 0.2) is 0 Å². The van der Waals surface area contributed by atoms with Crippen LogP contribution in [0.3, 0.4) is 0 Å². The Morgan fingerprint density at radius 2 is 1.93 bits per heavy atom. The molecule has 1 aromatic heterocycles. The third-order valence-electron chi connectivity index (χ3n) is 4.89. The highest BCUT2D eigenvalue weighted by molar-refractivity contribution is 5.89. The molecule has 0 saturated carbocycles. The molecule has 1 saturated heterocycles. The second-order valence-corrected chi connectivity index (χ2v) is 7.17. The molecule has 144 valence electrons. The smallest absolute Gasteiger partial charge is 0.319 e. The fraction of sp³-hybridized carbons (Fsp3) is 0.429. The summed E-state index contributed by atoms with van der Waals surface area (Å²) in [7, 11) is 2.14. The van der Waals surface area contributed by atoms with Gasteiger partial charge in [0.05, 0.1) is 11.7 Å². The van der Waals surface area contributed by atoms with Crippen molar-refractivity contribution in [3.63, 3.8) is 0 Å². The standard InChI is InChI=1S/C21H28N4O2/c1-15-5-4-12-22-20(15)16(2)23-21(26)24-17-6-8-18(9-7-17)27-19-10-13-25(3)14-11-19/h4-9,12,16,19H,10-11,13-14H2,1-3H3,(H2,23,24,26)/t16-/m0/s1. The number of hydrogen-bond donors (Lipinski definition) is 2. The summed E-state index contributed by atoms with van der Waals surface area (Å²) in [5.41, 5.74) is 2.66. The molecule has 0 radical (unpaired) electrons. The van der Waals surface area contributed by atoms with Crippen molar-refractivity contribution in [2.45, 2.75) is 38.8 Å². The molecular formula is C21H28N4O2. The third kappa shape index (κ3) is 5.44. The van der Waals surface area contributed by atoms with E-state index in [0.29, 0.717) is 0 Å². The number of amides is 2. The molecule has 1 atom stereocenters. The van der Waals surface area contributed by atoms with Crippen LogP contribution < -0.4 is 15.4 Å². The van der Waals surface area contributed by atoms with Crippen LogP contribution in [0.4, 0.5) is 10.5 Å². The number of carbonyl (C=O) groups excluding carboxylic acids is 1. The van der Waals surface area contributed by atoms with Gasteiger partial charge >= 0.3 is 6.03 Å². The highest BCUT2D eigenvalue weighted by atomic mass is 16.5. The summed E-state index contributed by atoms with van der Waals surface area (Å²) in [5, 5.41) is 5.78. The molecule has 1 fully saturated rings. The molecule has 0 bridgehead atoms. The zero-order valence-electron chi connectivity index (χ0n) is 16.2. The van der Waals surface area contributed by atoms with Crippen LogP contribution in [0.5, 0.6) is 5.75 Å². The lowest BCUT2D eigenvalue weighted by molar-refractivity contribution is 0.114. The van der Waals surface area contributed by atoms with Crippen molar-refractivity contribution < 1.29 is 9.53 Å². The van der Waals surface area contributed by atoms with Crippen molar-refractivity contribution in [1.29, 1.82) is 0 Å². The van der Waals surface area contributed by atoms with E-state index < -0.39 is 0 Å². The molecule has 6 nitrogen and oxygen atoms in total. The number of piperidine rings is 1. The van der Waals surface area contributed by atoms with E-state index in [1.54, 1.807) is 6.20 Å². The molecule has 1 aliphatic rings. The maximum atomic E-state index is 12.3. The van der Waals surface area contributed by atoms with Gasteiger partial charge in [-0.25, -0.2) is 4.79 Å². The van der Waals surface area contributed by atoms with E-state index in [9.17, 15) is 4.79 Å². The maximum Gasteiger partial charge on any atom is 0.319 e. The quantitative estimate of drug-likeness (QED) is 0.844. The first kappa shape index (κ1) is 19.2. The summed E-state index contributed by atoms with van der Waals surface area (Å²) in [6, 6.07) is 11.0. The van der Waals surface area contributed by atoms with Gasteiger partial charge in [0, 0.05) is 25.0 Å². The number of aryl methyl sites for hydroxylation is 1. The van der Waals surface area contributed by atoms with E-state index in [1.807, 2.05) is 50.2 Å². The monoisotopic (exact) mass is 368 g/mol. The number of rotatable bonds is 5. The molecule has 2 amide bonds. The van der Waals surface area contributed by atoms with Crippen molar-refractivity contribution in [2.75, 3.05) is 25.5 Å². The Hall–Kier alpha value is -2.60. The zero-order chi connectivity index (χ0) is 19.2. The van der Waals surface area contributed by atoms with Crippen LogP contribution >= 0.6 is 0 Å². The number of ether oxygens (including phenoxy) is 1. The number of aromatic nitrogens is 1. The van der Waals surface area contributed by atoms with Gasteiger partial charge in [-0.1, -0.05) is 6.07 Å². The summed E-state index contributed by atoms with van der Waals surface area (Å²) in [6.45, 7) is 6.05. The number of benzene rings is 1. The molecule has 27 heavy (non-hydrogen) atoms. The number of urea groups is 1. The highest BCUT2D eigenvalue weighted by Gasteiger charge is 2.18. The molecule has 1 aliphatic heterocycles. The van der Waals surface area contributed by atoms with Gasteiger partial charge in [0.2, 0.25) is 0 Å². The second-order valence-electron chi connectivity index (χ2n) is 7.17. The van der Waals surface area contributed by atoms with E-state index in [4.69, 9.17) is 4.74 Å². The topological polar surface area (TPSA) is 66.5 Å². The van der Waals surface area contributed by atoms with E-state index in [-0.39, 0.29) is 18.2 Å². The lowest BCUT2D eigenvalue weighted by Gasteiger charge is -2.29. The predicted octanol–water partition coefficient (Wildman–Crippen LogP) is 3.75. The Morgan fingerprint density at radius 1 is 1.22 bits per heavy atom. The summed E-state index contributed by atoms with van der Waals surface area (Å²) < 4.78 is 6.04. The zero-order valence-corrected chi connectivity index (χ0v) is 16.2. The van der Waals surface area contributed by atoms with Crippen molar-refractivity contribution in [3.8, 4) is 5.75 Å². The van der Waals surface area contributed by atoms with Gasteiger partial charge in [-0.05, 0) is 69.6 Å². The van der Waals surface area contributed by atoms with E-state index in [1.165, 1.54) is 0 Å². The number of anilines is 1. The first-order valence-electron chi connectivity index (χ1n) is 9.45. The molecule has 0 spiro atoms. The first-order chi connectivity index (χ1) is 13.0. The number of nitrogens with zero attached hydrogens (tertiary/aromatic N) is 2. The minimum Gasteiger partial charge on any atom is -0.490 e. The van der Waals surface area contributed by atoms with Crippen LogP contribution in [-0.4, -0.2) is 42.2 Å². The number of hydrogen-bond acceptors (Lipinski definition) is 4. The molecule has 3 rings (SSSR count). The highest BCUT2D eigenvalue weighted by Crippen LogP contribution is 2.21. The average Bonchev–Trinajstić information content (AvgIpc) is 2.65. The molecule has 2 N–H and O–H groups in total. The van der Waals surface area contributed by atoms with Crippen LogP contribution in [0, 0.1) is 6.92 Å². The normalized spacial score (nSPS) is 16.6. The molecule has 0 aliphatic carbocycles. The minimum absolute atomic E-state index is 0.168. The molecule has 6 heteroatoms. The Labute approximate surface area is 160 Å².